The van der Waals surface area contributed by atoms with Crippen LogP contribution in [0.4, 0.5) is 0 Å². The summed E-state index contributed by atoms with van der Waals surface area (Å²) in [5.41, 5.74) is 3.08. The van der Waals surface area contributed by atoms with Gasteiger partial charge in [0.15, 0.2) is 0 Å². The number of nitrogens with zero attached hydrogens (tertiary/aromatic N) is 3. The minimum absolute atomic E-state index is 0.344. The number of benzene rings is 2. The summed E-state index contributed by atoms with van der Waals surface area (Å²) in [6.45, 7) is 4.94. The van der Waals surface area contributed by atoms with E-state index in [0.717, 1.165) is 49.5 Å². The molecule has 0 bridgehead atoms. The summed E-state index contributed by atoms with van der Waals surface area (Å²) < 4.78 is 4.90. The van der Waals surface area contributed by atoms with Gasteiger partial charge >= 0.3 is 5.97 Å². The van der Waals surface area contributed by atoms with Gasteiger partial charge < -0.3 is 5.11 Å². The van der Waals surface area contributed by atoms with Crippen molar-refractivity contribution in [2.75, 3.05) is 0 Å². The van der Waals surface area contributed by atoms with Crippen molar-refractivity contribution in [2.45, 2.75) is 43.0 Å². The number of aromatic carboxylic acids is 1. The molecule has 5 nitrogen and oxygen atoms in total. The molecule has 2 heterocycles. The number of aryl methyl sites for hydroxylation is 1. The van der Waals surface area contributed by atoms with E-state index in [0.29, 0.717) is 17.0 Å². The van der Waals surface area contributed by atoms with Gasteiger partial charge in [-0.1, -0.05) is 49.3 Å². The predicted molar refractivity (Wildman–Crippen MR) is 129 cm³/mol. The predicted octanol–water partition coefficient (Wildman–Crippen LogP) is 7.06. The highest BCUT2D eigenvalue weighted by Gasteiger charge is 2.21. The lowest BCUT2D eigenvalue weighted by Crippen LogP contribution is -2.02. The standard InChI is InChI=1S/C23H21BrClN3O2S/c1-3-10-27-13-15(12-26-27)28-19-11-14(25)8-9-18(19)21(22(28)24)31-20-7-5-6-17(23(29)30)16(20)4-2/h5-9,11-13H,3-4,10H2,1-2H3,(H,29,30). The highest BCUT2D eigenvalue weighted by atomic mass is 79.9. The summed E-state index contributed by atoms with van der Waals surface area (Å²) in [5.74, 6) is -0.907. The molecular formula is C23H21BrClN3O2S. The van der Waals surface area contributed by atoms with Crippen molar-refractivity contribution in [3.05, 3.63) is 69.5 Å². The zero-order chi connectivity index (χ0) is 22.1. The van der Waals surface area contributed by atoms with Crippen LogP contribution in [0.3, 0.4) is 0 Å². The monoisotopic (exact) mass is 517 g/mol. The van der Waals surface area contributed by atoms with Crippen LogP contribution >= 0.6 is 39.3 Å². The number of halogens is 2. The Bertz CT molecular complexity index is 1280. The molecule has 0 spiro atoms. The lowest BCUT2D eigenvalue weighted by atomic mass is 10.1. The van der Waals surface area contributed by atoms with E-state index >= 15 is 0 Å². The summed E-state index contributed by atoms with van der Waals surface area (Å²) in [4.78, 5) is 13.6. The summed E-state index contributed by atoms with van der Waals surface area (Å²) in [7, 11) is 0. The number of rotatable bonds is 7. The Kier molecular flexibility index (Phi) is 6.46. The molecule has 0 fully saturated rings. The number of hydrogen-bond acceptors (Lipinski definition) is 3. The van der Waals surface area contributed by atoms with Crippen LogP contribution in [0.5, 0.6) is 0 Å². The molecule has 2 aromatic heterocycles. The maximum atomic E-state index is 11.7. The van der Waals surface area contributed by atoms with Gasteiger partial charge in [-0.25, -0.2) is 4.79 Å². The first-order chi connectivity index (χ1) is 14.9. The average Bonchev–Trinajstić information content (AvgIpc) is 3.30. The molecule has 0 saturated carbocycles. The molecule has 160 valence electrons. The van der Waals surface area contributed by atoms with Gasteiger partial charge in [0.05, 0.1) is 27.9 Å². The average molecular weight is 519 g/mol. The lowest BCUT2D eigenvalue weighted by Gasteiger charge is -2.11. The quantitative estimate of drug-likeness (QED) is 0.284. The Labute approximate surface area is 198 Å². The van der Waals surface area contributed by atoms with Gasteiger partial charge in [-0.05, 0) is 58.6 Å². The van der Waals surface area contributed by atoms with Gasteiger partial charge in [0.1, 0.15) is 4.60 Å². The van der Waals surface area contributed by atoms with Crippen LogP contribution in [-0.4, -0.2) is 25.4 Å². The Hall–Kier alpha value is -2.22. The smallest absolute Gasteiger partial charge is 0.336 e. The Morgan fingerprint density at radius 3 is 2.77 bits per heavy atom. The van der Waals surface area contributed by atoms with Crippen molar-refractivity contribution in [3.8, 4) is 5.69 Å². The van der Waals surface area contributed by atoms with E-state index in [2.05, 4.69) is 32.5 Å². The number of carboxylic acid groups (broad SMARTS) is 1. The van der Waals surface area contributed by atoms with Gasteiger partial charge in [0, 0.05) is 28.0 Å². The first-order valence-electron chi connectivity index (χ1n) is 9.99. The molecule has 2 aromatic carbocycles. The van der Waals surface area contributed by atoms with Crippen LogP contribution in [0.15, 0.2) is 63.2 Å². The molecular weight excluding hydrogens is 498 g/mol. The molecule has 31 heavy (non-hydrogen) atoms. The van der Waals surface area contributed by atoms with Crippen molar-refractivity contribution in [3.63, 3.8) is 0 Å². The van der Waals surface area contributed by atoms with Crippen LogP contribution in [0.25, 0.3) is 16.6 Å². The summed E-state index contributed by atoms with van der Waals surface area (Å²) in [6.07, 6.45) is 5.50. The van der Waals surface area contributed by atoms with E-state index in [9.17, 15) is 9.90 Å². The minimum atomic E-state index is -0.907. The van der Waals surface area contributed by atoms with E-state index in [1.165, 1.54) is 0 Å². The van der Waals surface area contributed by atoms with Gasteiger partial charge in [-0.3, -0.25) is 9.25 Å². The molecule has 4 aromatic rings. The molecule has 0 atom stereocenters. The third-order valence-electron chi connectivity index (χ3n) is 5.09. The molecule has 1 N–H and O–H groups in total. The van der Waals surface area contributed by atoms with Crippen molar-refractivity contribution in [2.24, 2.45) is 0 Å². The molecule has 0 saturated heterocycles. The molecule has 0 unspecified atom stereocenters. The SMILES string of the molecule is CCCn1cc(-n2c(Br)c(Sc3cccc(C(=O)O)c3CC)c3ccc(Cl)cc32)cn1. The van der Waals surface area contributed by atoms with E-state index in [-0.39, 0.29) is 0 Å². The minimum Gasteiger partial charge on any atom is -0.478 e. The lowest BCUT2D eigenvalue weighted by molar-refractivity contribution is 0.0695. The molecule has 0 aliphatic rings. The highest BCUT2D eigenvalue weighted by molar-refractivity contribution is 9.10. The van der Waals surface area contributed by atoms with Gasteiger partial charge in [-0.2, -0.15) is 5.10 Å². The van der Waals surface area contributed by atoms with Crippen molar-refractivity contribution >= 4 is 56.2 Å². The molecule has 0 radical (unpaired) electrons. The summed E-state index contributed by atoms with van der Waals surface area (Å²) in [6, 6.07) is 11.2. The second kappa shape index (κ2) is 9.10. The fourth-order valence-electron chi connectivity index (χ4n) is 3.71. The fraction of sp³-hybridized carbons (Fsp3) is 0.217. The maximum Gasteiger partial charge on any atom is 0.336 e. The van der Waals surface area contributed by atoms with Crippen molar-refractivity contribution in [1.29, 1.82) is 0 Å². The largest absolute Gasteiger partial charge is 0.478 e. The molecule has 0 aliphatic heterocycles. The number of carbonyl (C=O) groups is 1. The van der Waals surface area contributed by atoms with Crippen LogP contribution in [0.2, 0.25) is 5.02 Å². The molecule has 8 heteroatoms. The van der Waals surface area contributed by atoms with Gasteiger partial charge in [0.25, 0.3) is 0 Å². The molecule has 0 amide bonds. The third kappa shape index (κ3) is 4.14. The molecule has 0 aliphatic carbocycles. The zero-order valence-electron chi connectivity index (χ0n) is 17.1. The second-order valence-electron chi connectivity index (χ2n) is 7.12. The Morgan fingerprint density at radius 1 is 1.26 bits per heavy atom. The number of hydrogen-bond donors (Lipinski definition) is 1. The van der Waals surface area contributed by atoms with E-state index in [1.54, 1.807) is 23.9 Å². The normalized spacial score (nSPS) is 11.4. The van der Waals surface area contributed by atoms with Crippen LogP contribution in [-0.2, 0) is 13.0 Å². The molecule has 4 rings (SSSR count). The number of aromatic nitrogens is 3. The highest BCUT2D eigenvalue weighted by Crippen LogP contribution is 2.44. The van der Waals surface area contributed by atoms with E-state index in [4.69, 9.17) is 11.6 Å². The first kappa shape index (κ1) is 22.0. The number of carboxylic acids is 1. The summed E-state index contributed by atoms with van der Waals surface area (Å²) in [5, 5.41) is 15.8. The first-order valence-corrected chi connectivity index (χ1v) is 12.0. The van der Waals surface area contributed by atoms with Crippen LogP contribution in [0, 0.1) is 0 Å². The van der Waals surface area contributed by atoms with Crippen molar-refractivity contribution in [1.82, 2.24) is 14.3 Å². The van der Waals surface area contributed by atoms with Gasteiger partial charge in [0.2, 0.25) is 0 Å². The Morgan fingerprint density at radius 2 is 2.06 bits per heavy atom. The Balaban J connectivity index is 1.89. The van der Waals surface area contributed by atoms with E-state index in [1.807, 2.05) is 48.3 Å². The van der Waals surface area contributed by atoms with E-state index < -0.39 is 5.97 Å². The number of fused-ring (bicyclic) bond motifs is 1. The van der Waals surface area contributed by atoms with Crippen LogP contribution in [0.1, 0.15) is 36.2 Å². The maximum absolute atomic E-state index is 11.7. The zero-order valence-corrected chi connectivity index (χ0v) is 20.3. The van der Waals surface area contributed by atoms with Crippen molar-refractivity contribution < 1.29 is 9.90 Å². The van der Waals surface area contributed by atoms with Gasteiger partial charge in [-0.15, -0.1) is 0 Å². The topological polar surface area (TPSA) is 60.0 Å². The summed E-state index contributed by atoms with van der Waals surface area (Å²) >= 11 is 11.7. The third-order valence-corrected chi connectivity index (χ3v) is 7.56. The second-order valence-corrected chi connectivity index (χ2v) is 9.36. The van der Waals surface area contributed by atoms with Crippen LogP contribution < -0.4 is 0 Å². The fourth-order valence-corrected chi connectivity index (χ4v) is 5.93.